The summed E-state index contributed by atoms with van der Waals surface area (Å²) in [6.45, 7) is 1.73. The van der Waals surface area contributed by atoms with Gasteiger partial charge in [0.1, 0.15) is 11.5 Å². The van der Waals surface area contributed by atoms with Crippen LogP contribution in [0.3, 0.4) is 0 Å². The Morgan fingerprint density at radius 3 is 2.64 bits per heavy atom. The molecule has 4 fully saturated rings. The number of ether oxygens (including phenoxy) is 1. The summed E-state index contributed by atoms with van der Waals surface area (Å²) in [6, 6.07) is 9.53. The molecule has 3 atom stereocenters. The van der Waals surface area contributed by atoms with Crippen molar-refractivity contribution in [2.45, 2.75) is 82.0 Å². The third-order valence-corrected chi connectivity index (χ3v) is 7.32. The lowest BCUT2D eigenvalue weighted by molar-refractivity contribution is 0.0162. The van der Waals surface area contributed by atoms with Crippen molar-refractivity contribution in [2.75, 3.05) is 6.54 Å². The summed E-state index contributed by atoms with van der Waals surface area (Å²) >= 11 is 0. The van der Waals surface area contributed by atoms with Crippen molar-refractivity contribution in [1.82, 2.24) is 10.5 Å². The Balaban J connectivity index is 1.27. The monoisotopic (exact) mass is 378 g/mol. The molecule has 3 unspecified atom stereocenters. The summed E-state index contributed by atoms with van der Waals surface area (Å²) in [6.07, 6.45) is 10.4. The van der Waals surface area contributed by atoms with Crippen LogP contribution in [0.1, 0.15) is 80.1 Å². The Morgan fingerprint density at radius 2 is 1.86 bits per heavy atom. The van der Waals surface area contributed by atoms with Gasteiger partial charge in [0.15, 0.2) is 0 Å². The lowest BCUT2D eigenvalue weighted by Gasteiger charge is -2.36. The average molecular weight is 379 g/mol. The van der Waals surface area contributed by atoms with Gasteiger partial charge in [-0.15, -0.1) is 0 Å². The number of fused-ring (bicyclic) bond motifs is 1. The van der Waals surface area contributed by atoms with Crippen LogP contribution < -0.4 is 5.32 Å². The smallest absolute Gasteiger partial charge is 0.145 e. The number of hydrogen-bond acceptors (Lipinski definition) is 4. The van der Waals surface area contributed by atoms with Gasteiger partial charge < -0.3 is 14.6 Å². The van der Waals surface area contributed by atoms with Crippen molar-refractivity contribution in [1.29, 1.82) is 0 Å². The highest BCUT2D eigenvalue weighted by Gasteiger charge is 2.37. The summed E-state index contributed by atoms with van der Waals surface area (Å²) in [5, 5.41) is 8.27. The van der Waals surface area contributed by atoms with E-state index in [1.165, 1.54) is 61.6 Å². The van der Waals surface area contributed by atoms with Gasteiger partial charge in [-0.05, 0) is 75.3 Å². The third kappa shape index (κ3) is 3.21. The van der Waals surface area contributed by atoms with Gasteiger partial charge in [0, 0.05) is 23.1 Å². The van der Waals surface area contributed by atoms with E-state index in [0.717, 1.165) is 36.4 Å². The van der Waals surface area contributed by atoms with Crippen molar-refractivity contribution in [3.63, 3.8) is 0 Å². The Morgan fingerprint density at radius 1 is 1.00 bits per heavy atom. The first-order valence-corrected chi connectivity index (χ1v) is 11.3. The summed E-state index contributed by atoms with van der Waals surface area (Å²) in [5.41, 5.74) is 4.96. The molecule has 3 saturated carbocycles. The largest absolute Gasteiger partial charge is 0.373 e. The first-order chi connectivity index (χ1) is 13.9. The van der Waals surface area contributed by atoms with E-state index >= 15 is 0 Å². The number of nitrogens with one attached hydrogen (secondary N) is 1. The molecule has 1 aliphatic heterocycles. The lowest BCUT2D eigenvalue weighted by atomic mass is 9.77. The molecule has 4 nitrogen and oxygen atoms in total. The van der Waals surface area contributed by atoms with Crippen LogP contribution in [0.15, 0.2) is 28.8 Å². The van der Waals surface area contributed by atoms with E-state index in [1.54, 1.807) is 0 Å². The predicted octanol–water partition coefficient (Wildman–Crippen LogP) is 5.14. The van der Waals surface area contributed by atoms with Crippen molar-refractivity contribution < 1.29 is 9.26 Å². The zero-order valence-electron chi connectivity index (χ0n) is 16.5. The summed E-state index contributed by atoms with van der Waals surface area (Å²) in [5.74, 6) is 3.16. The second-order valence-corrected chi connectivity index (χ2v) is 9.37. The molecule has 1 N–H and O–H groups in total. The van der Waals surface area contributed by atoms with Gasteiger partial charge in [0.2, 0.25) is 0 Å². The molecule has 0 bridgehead atoms. The Kier molecular flexibility index (Phi) is 4.31. The number of nitrogens with zero attached hydrogens (tertiary/aromatic N) is 1. The lowest BCUT2D eigenvalue weighted by Crippen LogP contribution is -2.42. The molecule has 4 heteroatoms. The minimum absolute atomic E-state index is 0.358. The van der Waals surface area contributed by atoms with E-state index in [0.29, 0.717) is 24.5 Å². The Hall–Kier alpha value is -1.65. The fourth-order valence-corrected chi connectivity index (χ4v) is 5.16. The van der Waals surface area contributed by atoms with Crippen LogP contribution in [-0.2, 0) is 11.3 Å². The summed E-state index contributed by atoms with van der Waals surface area (Å²) < 4.78 is 12.4. The van der Waals surface area contributed by atoms with Crippen molar-refractivity contribution in [3.05, 3.63) is 41.2 Å². The maximum absolute atomic E-state index is 6.52. The molecule has 148 valence electrons. The summed E-state index contributed by atoms with van der Waals surface area (Å²) in [7, 11) is 0. The SMILES string of the molecule is c1ccc(C2CC2)c(-c2noc(C3CC3)c2COC2CCNC3CCC3C2)c1. The van der Waals surface area contributed by atoms with Crippen LogP contribution in [0, 0.1) is 5.92 Å². The fourth-order valence-electron chi connectivity index (χ4n) is 5.16. The van der Waals surface area contributed by atoms with Crippen molar-refractivity contribution in [3.8, 4) is 11.3 Å². The molecule has 3 aliphatic carbocycles. The van der Waals surface area contributed by atoms with Gasteiger partial charge in [-0.3, -0.25) is 0 Å². The van der Waals surface area contributed by atoms with Gasteiger partial charge in [0.25, 0.3) is 0 Å². The molecular formula is C24H30N2O2. The van der Waals surface area contributed by atoms with Gasteiger partial charge in [-0.25, -0.2) is 0 Å². The minimum atomic E-state index is 0.358. The van der Waals surface area contributed by atoms with Gasteiger partial charge in [0.05, 0.1) is 12.7 Å². The van der Waals surface area contributed by atoms with E-state index in [9.17, 15) is 0 Å². The normalized spacial score (nSPS) is 29.8. The van der Waals surface area contributed by atoms with Gasteiger partial charge >= 0.3 is 0 Å². The van der Waals surface area contributed by atoms with Crippen LogP contribution in [0.25, 0.3) is 11.3 Å². The first-order valence-electron chi connectivity index (χ1n) is 11.3. The predicted molar refractivity (Wildman–Crippen MR) is 108 cm³/mol. The van der Waals surface area contributed by atoms with Crippen molar-refractivity contribution in [2.24, 2.45) is 5.92 Å². The number of hydrogen-bond donors (Lipinski definition) is 1. The topological polar surface area (TPSA) is 47.3 Å². The van der Waals surface area contributed by atoms with E-state index < -0.39 is 0 Å². The van der Waals surface area contributed by atoms with E-state index in [4.69, 9.17) is 9.26 Å². The van der Waals surface area contributed by atoms with E-state index in [-0.39, 0.29) is 0 Å². The molecule has 2 heterocycles. The molecule has 0 spiro atoms. The Labute approximate surface area is 167 Å². The molecular weight excluding hydrogens is 348 g/mol. The molecule has 1 saturated heterocycles. The summed E-state index contributed by atoms with van der Waals surface area (Å²) in [4.78, 5) is 0. The first kappa shape index (κ1) is 17.2. The highest BCUT2D eigenvalue weighted by atomic mass is 16.5. The maximum atomic E-state index is 6.52. The standard InChI is InChI=1S/C24H30N2O2/c1-2-4-20(19(3-1)15-5-6-15)23-21(24(28-26-23)16-7-8-16)14-27-18-11-12-25-22-10-9-17(22)13-18/h1-4,15-18,22,25H,5-14H2. The van der Waals surface area contributed by atoms with Crippen LogP contribution >= 0.6 is 0 Å². The number of aromatic nitrogens is 1. The molecule has 0 amide bonds. The molecule has 6 rings (SSSR count). The van der Waals surface area contributed by atoms with Crippen molar-refractivity contribution >= 4 is 0 Å². The number of rotatable bonds is 6. The Bertz CT molecular complexity index is 852. The maximum Gasteiger partial charge on any atom is 0.145 e. The second-order valence-electron chi connectivity index (χ2n) is 9.37. The zero-order chi connectivity index (χ0) is 18.5. The minimum Gasteiger partial charge on any atom is -0.373 e. The molecule has 2 aromatic rings. The molecule has 1 aromatic carbocycles. The van der Waals surface area contributed by atoms with Crippen LogP contribution in [0.2, 0.25) is 0 Å². The third-order valence-electron chi connectivity index (χ3n) is 7.32. The molecule has 4 aliphatic rings. The highest BCUT2D eigenvalue weighted by Crippen LogP contribution is 2.48. The van der Waals surface area contributed by atoms with Crippen LogP contribution in [0.4, 0.5) is 0 Å². The quantitative estimate of drug-likeness (QED) is 0.756. The van der Waals surface area contributed by atoms with Crippen LogP contribution in [0.5, 0.6) is 0 Å². The molecule has 1 aromatic heterocycles. The molecule has 0 radical (unpaired) electrons. The zero-order valence-corrected chi connectivity index (χ0v) is 16.5. The molecule has 28 heavy (non-hydrogen) atoms. The fraction of sp³-hybridized carbons (Fsp3) is 0.625. The van der Waals surface area contributed by atoms with Crippen LogP contribution in [-0.4, -0.2) is 23.8 Å². The van der Waals surface area contributed by atoms with E-state index in [2.05, 4.69) is 34.7 Å². The van der Waals surface area contributed by atoms with Gasteiger partial charge in [-0.1, -0.05) is 29.4 Å². The average Bonchev–Trinajstić information content (AvgIpc) is 3.62. The second kappa shape index (κ2) is 7.00. The highest BCUT2D eigenvalue weighted by molar-refractivity contribution is 5.69. The number of benzene rings is 1. The van der Waals surface area contributed by atoms with E-state index in [1.807, 2.05) is 0 Å². The van der Waals surface area contributed by atoms with Gasteiger partial charge in [-0.2, -0.15) is 0 Å².